The number of benzene rings is 2. The maximum Gasteiger partial charge on any atom is 0.283 e. The molecule has 0 aliphatic carbocycles. The summed E-state index contributed by atoms with van der Waals surface area (Å²) < 4.78 is 0.919. The second-order valence-electron chi connectivity index (χ2n) is 4.68. The standard InChI is InChI=1S/C16H11ClN2O3S/c17-14-11-3-1-2-4-13(11)23-15(14)16(22)19-18-8-9-5-6-10(20)7-12(9)21/h1-8,20-21H,(H,19,22)/b18-8+. The predicted octanol–water partition coefficient (Wildman–Crippen LogP) is 3.73. The smallest absolute Gasteiger partial charge is 0.283 e. The quantitative estimate of drug-likeness (QED) is 0.499. The van der Waals surface area contributed by atoms with Crippen LogP contribution < -0.4 is 5.43 Å². The van der Waals surface area contributed by atoms with Gasteiger partial charge in [-0.1, -0.05) is 29.8 Å². The number of rotatable bonds is 3. The van der Waals surface area contributed by atoms with Gasteiger partial charge in [0, 0.05) is 21.7 Å². The van der Waals surface area contributed by atoms with E-state index in [0.29, 0.717) is 15.5 Å². The van der Waals surface area contributed by atoms with E-state index in [1.807, 2.05) is 24.3 Å². The van der Waals surface area contributed by atoms with Crippen molar-refractivity contribution in [2.24, 2.45) is 5.10 Å². The molecule has 0 spiro atoms. The number of hydrogen-bond acceptors (Lipinski definition) is 5. The van der Waals surface area contributed by atoms with Crippen molar-refractivity contribution in [1.82, 2.24) is 5.43 Å². The van der Waals surface area contributed by atoms with Gasteiger partial charge in [0.15, 0.2) is 0 Å². The molecule has 3 rings (SSSR count). The minimum Gasteiger partial charge on any atom is -0.508 e. The minimum atomic E-state index is -0.425. The van der Waals surface area contributed by atoms with E-state index in [-0.39, 0.29) is 11.5 Å². The fourth-order valence-corrected chi connectivity index (χ4v) is 3.42. The zero-order valence-corrected chi connectivity index (χ0v) is 13.2. The molecule has 0 atom stereocenters. The first kappa shape index (κ1) is 15.3. The third kappa shape index (κ3) is 3.13. The zero-order chi connectivity index (χ0) is 16.4. The van der Waals surface area contributed by atoms with E-state index in [2.05, 4.69) is 10.5 Å². The van der Waals surface area contributed by atoms with Crippen LogP contribution in [0, 0.1) is 0 Å². The Balaban J connectivity index is 1.78. The third-order valence-electron chi connectivity index (χ3n) is 3.12. The van der Waals surface area contributed by atoms with Crippen molar-refractivity contribution in [3.8, 4) is 11.5 Å². The van der Waals surface area contributed by atoms with E-state index in [4.69, 9.17) is 11.6 Å². The largest absolute Gasteiger partial charge is 0.508 e. The fourth-order valence-electron chi connectivity index (χ4n) is 2.01. The average molecular weight is 347 g/mol. The Kier molecular flexibility index (Phi) is 4.18. The van der Waals surface area contributed by atoms with Crippen LogP contribution in [0.4, 0.5) is 0 Å². The summed E-state index contributed by atoms with van der Waals surface area (Å²) in [5.74, 6) is -0.616. The number of nitrogens with zero attached hydrogens (tertiary/aromatic N) is 1. The number of nitrogens with one attached hydrogen (secondary N) is 1. The molecule has 0 saturated carbocycles. The van der Waals surface area contributed by atoms with E-state index < -0.39 is 5.91 Å². The van der Waals surface area contributed by atoms with Gasteiger partial charge in [0.1, 0.15) is 16.4 Å². The van der Waals surface area contributed by atoms with E-state index in [0.717, 1.165) is 10.1 Å². The highest BCUT2D eigenvalue weighted by Crippen LogP contribution is 2.34. The molecule has 23 heavy (non-hydrogen) atoms. The molecule has 0 fully saturated rings. The van der Waals surface area contributed by atoms with Gasteiger partial charge in [-0.05, 0) is 18.2 Å². The van der Waals surface area contributed by atoms with Crippen LogP contribution in [0.2, 0.25) is 5.02 Å². The Hall–Kier alpha value is -2.57. The van der Waals surface area contributed by atoms with Crippen LogP contribution in [0.3, 0.4) is 0 Å². The van der Waals surface area contributed by atoms with Crippen LogP contribution >= 0.6 is 22.9 Å². The number of carbonyl (C=O) groups is 1. The van der Waals surface area contributed by atoms with Crippen LogP contribution in [0.1, 0.15) is 15.2 Å². The predicted molar refractivity (Wildman–Crippen MR) is 91.7 cm³/mol. The molecule has 0 aliphatic heterocycles. The van der Waals surface area contributed by atoms with Crippen molar-refractivity contribution in [3.63, 3.8) is 0 Å². The second-order valence-corrected chi connectivity index (χ2v) is 6.11. The Morgan fingerprint density at radius 2 is 2.00 bits per heavy atom. The van der Waals surface area contributed by atoms with E-state index in [1.165, 1.54) is 35.8 Å². The molecule has 116 valence electrons. The lowest BCUT2D eigenvalue weighted by Gasteiger charge is -2.00. The molecule has 0 saturated heterocycles. The van der Waals surface area contributed by atoms with Crippen molar-refractivity contribution in [2.75, 3.05) is 0 Å². The Labute approximate surface area is 140 Å². The summed E-state index contributed by atoms with van der Waals surface area (Å²) in [6.45, 7) is 0. The summed E-state index contributed by atoms with van der Waals surface area (Å²) in [5, 5.41) is 23.9. The van der Waals surface area contributed by atoms with Crippen molar-refractivity contribution < 1.29 is 15.0 Å². The number of amides is 1. The second kappa shape index (κ2) is 6.28. The highest BCUT2D eigenvalue weighted by molar-refractivity contribution is 7.21. The fraction of sp³-hybridized carbons (Fsp3) is 0. The van der Waals surface area contributed by atoms with Gasteiger partial charge in [-0.25, -0.2) is 5.43 Å². The number of fused-ring (bicyclic) bond motifs is 1. The molecule has 3 aromatic rings. The summed E-state index contributed by atoms with van der Waals surface area (Å²) in [7, 11) is 0. The first-order valence-electron chi connectivity index (χ1n) is 6.58. The highest BCUT2D eigenvalue weighted by atomic mass is 35.5. The summed E-state index contributed by atoms with van der Waals surface area (Å²) in [6, 6.07) is 11.5. The van der Waals surface area contributed by atoms with Crippen LogP contribution in [0.5, 0.6) is 11.5 Å². The minimum absolute atomic E-state index is 0.0549. The first-order valence-corrected chi connectivity index (χ1v) is 7.78. The number of thiophene rings is 1. The van der Waals surface area contributed by atoms with Gasteiger partial charge in [0.25, 0.3) is 5.91 Å². The molecule has 0 radical (unpaired) electrons. The molecule has 7 heteroatoms. The van der Waals surface area contributed by atoms with Crippen molar-refractivity contribution in [1.29, 1.82) is 0 Å². The molecular formula is C16H11ClN2O3S. The third-order valence-corrected chi connectivity index (χ3v) is 4.80. The number of phenolic OH excluding ortho intramolecular Hbond substituents is 2. The molecule has 1 aromatic heterocycles. The molecule has 2 aromatic carbocycles. The van der Waals surface area contributed by atoms with E-state index >= 15 is 0 Å². The molecule has 5 nitrogen and oxygen atoms in total. The lowest BCUT2D eigenvalue weighted by Crippen LogP contribution is -2.16. The number of halogens is 1. The van der Waals surface area contributed by atoms with Crippen molar-refractivity contribution >= 4 is 45.1 Å². The molecule has 3 N–H and O–H groups in total. The summed E-state index contributed by atoms with van der Waals surface area (Å²) >= 11 is 7.50. The SMILES string of the molecule is O=C(N/N=C/c1ccc(O)cc1O)c1sc2ccccc2c1Cl. The van der Waals surface area contributed by atoms with Crippen LogP contribution in [0.25, 0.3) is 10.1 Å². The lowest BCUT2D eigenvalue weighted by molar-refractivity contribution is 0.0959. The molecule has 1 heterocycles. The number of carbonyl (C=O) groups excluding carboxylic acids is 1. The van der Waals surface area contributed by atoms with Crippen molar-refractivity contribution in [3.05, 3.63) is 57.9 Å². The molecule has 1 amide bonds. The topological polar surface area (TPSA) is 81.9 Å². The van der Waals surface area contributed by atoms with Gasteiger partial charge in [0.2, 0.25) is 0 Å². The lowest BCUT2D eigenvalue weighted by atomic mass is 10.2. The maximum atomic E-state index is 12.2. The van der Waals surface area contributed by atoms with Gasteiger partial charge in [-0.2, -0.15) is 5.10 Å². The van der Waals surface area contributed by atoms with E-state index in [1.54, 1.807) is 0 Å². The van der Waals surface area contributed by atoms with Gasteiger partial charge in [-0.3, -0.25) is 4.79 Å². The number of hydrogen-bond donors (Lipinski definition) is 3. The Morgan fingerprint density at radius 1 is 1.22 bits per heavy atom. The van der Waals surface area contributed by atoms with Crippen molar-refractivity contribution in [2.45, 2.75) is 0 Å². The zero-order valence-electron chi connectivity index (χ0n) is 11.7. The van der Waals surface area contributed by atoms with Crippen LogP contribution in [-0.4, -0.2) is 22.3 Å². The molecule has 0 unspecified atom stereocenters. The maximum absolute atomic E-state index is 12.2. The molecule has 0 bridgehead atoms. The van der Waals surface area contributed by atoms with Gasteiger partial charge in [-0.15, -0.1) is 11.3 Å². The highest BCUT2D eigenvalue weighted by Gasteiger charge is 2.16. The van der Waals surface area contributed by atoms with Gasteiger partial charge in [0.05, 0.1) is 11.2 Å². The van der Waals surface area contributed by atoms with Gasteiger partial charge < -0.3 is 10.2 Å². The average Bonchev–Trinajstić information content (AvgIpc) is 2.87. The Bertz CT molecular complexity index is 921. The number of aromatic hydroxyl groups is 2. The normalized spacial score (nSPS) is 11.2. The number of phenols is 2. The summed E-state index contributed by atoms with van der Waals surface area (Å²) in [5.41, 5.74) is 2.74. The van der Waals surface area contributed by atoms with Gasteiger partial charge >= 0.3 is 0 Å². The monoisotopic (exact) mass is 346 g/mol. The van der Waals surface area contributed by atoms with E-state index in [9.17, 15) is 15.0 Å². The first-order chi connectivity index (χ1) is 11.1. The Morgan fingerprint density at radius 3 is 2.74 bits per heavy atom. The molecular weight excluding hydrogens is 336 g/mol. The summed E-state index contributed by atoms with van der Waals surface area (Å²) in [6.07, 6.45) is 1.29. The van der Waals surface area contributed by atoms with Crippen LogP contribution in [0.15, 0.2) is 47.6 Å². The summed E-state index contributed by atoms with van der Waals surface area (Å²) in [4.78, 5) is 12.5. The molecule has 0 aliphatic rings. The number of hydrazone groups is 1. The van der Waals surface area contributed by atoms with Crippen LogP contribution in [-0.2, 0) is 0 Å².